The Balaban J connectivity index is 2.84. The van der Waals surface area contributed by atoms with Crippen LogP contribution in [-0.4, -0.2) is 30.1 Å². The third-order valence-corrected chi connectivity index (χ3v) is 4.49. The Labute approximate surface area is 157 Å². The average Bonchev–Trinajstić information content (AvgIpc) is 2.54. The number of hydrogen-bond acceptors (Lipinski definition) is 1. The number of halogens is 6. The summed E-state index contributed by atoms with van der Waals surface area (Å²) in [6.45, 7) is 5.03. The summed E-state index contributed by atoms with van der Waals surface area (Å²) < 4.78 is 80.9. The number of hydrogen-bond donors (Lipinski definition) is 0. The van der Waals surface area contributed by atoms with E-state index in [4.69, 9.17) is 0 Å². The number of rotatable bonds is 11. The van der Waals surface area contributed by atoms with Gasteiger partial charge in [-0.15, -0.1) is 0 Å². The molecule has 0 fully saturated rings. The molecule has 0 bridgehead atoms. The van der Waals surface area contributed by atoms with Crippen molar-refractivity contribution in [3.8, 4) is 0 Å². The third-order valence-electron chi connectivity index (χ3n) is 4.49. The van der Waals surface area contributed by atoms with Crippen molar-refractivity contribution in [1.29, 1.82) is 0 Å². The smallest absolute Gasteiger partial charge is 0.293 e. The fourth-order valence-electron chi connectivity index (χ4n) is 3.02. The Bertz CT molecular complexity index is 570. The van der Waals surface area contributed by atoms with Crippen LogP contribution in [-0.2, 0) is 12.7 Å². The largest absolute Gasteiger partial charge is 0.416 e. The molecule has 1 aromatic rings. The van der Waals surface area contributed by atoms with Gasteiger partial charge in [0.25, 0.3) is 5.92 Å². The summed E-state index contributed by atoms with van der Waals surface area (Å²) in [6.07, 6.45) is -5.03. The van der Waals surface area contributed by atoms with Crippen LogP contribution in [0.2, 0.25) is 0 Å². The molecule has 0 radical (unpaired) electrons. The SMILES string of the molecule is CCCC(F)CCC(F)(F)CN(CCC)Cc1cc(C(F)(F)F)ccc1C. The van der Waals surface area contributed by atoms with Gasteiger partial charge in [0.1, 0.15) is 6.17 Å². The zero-order chi connectivity index (χ0) is 20.7. The molecule has 7 heteroatoms. The number of benzene rings is 1. The van der Waals surface area contributed by atoms with Gasteiger partial charge in [0.2, 0.25) is 0 Å². The van der Waals surface area contributed by atoms with Gasteiger partial charge in [-0.3, -0.25) is 4.90 Å². The molecule has 0 aliphatic heterocycles. The normalized spacial score (nSPS) is 14.0. The first kappa shape index (κ1) is 23.8. The van der Waals surface area contributed by atoms with Crippen LogP contribution >= 0.6 is 0 Å². The van der Waals surface area contributed by atoms with Gasteiger partial charge < -0.3 is 0 Å². The van der Waals surface area contributed by atoms with E-state index in [0.717, 1.165) is 12.1 Å². The highest BCUT2D eigenvalue weighted by molar-refractivity contribution is 5.32. The Hall–Kier alpha value is -1.24. The lowest BCUT2D eigenvalue weighted by atomic mass is 10.0. The minimum atomic E-state index is -4.47. The molecule has 0 saturated carbocycles. The van der Waals surface area contributed by atoms with Gasteiger partial charge >= 0.3 is 6.18 Å². The molecule has 0 heterocycles. The van der Waals surface area contributed by atoms with Gasteiger partial charge in [-0.25, -0.2) is 13.2 Å². The Morgan fingerprint density at radius 1 is 1.00 bits per heavy atom. The summed E-state index contributed by atoms with van der Waals surface area (Å²) >= 11 is 0. The third kappa shape index (κ3) is 8.54. The van der Waals surface area contributed by atoms with E-state index in [0.29, 0.717) is 30.5 Å². The van der Waals surface area contributed by atoms with Crippen molar-refractivity contribution in [1.82, 2.24) is 4.90 Å². The van der Waals surface area contributed by atoms with Crippen molar-refractivity contribution in [3.05, 3.63) is 34.9 Å². The standard InChI is InChI=1S/C20H29F6N/c1-4-6-18(21)9-10-19(22,23)14-27(11-5-2)13-16-12-17(20(24,25)26)8-7-15(16)3/h7-8,12,18H,4-6,9-11,13-14H2,1-3H3. The maximum atomic E-state index is 14.3. The van der Waals surface area contributed by atoms with Gasteiger partial charge in [-0.2, -0.15) is 13.2 Å². The second-order valence-electron chi connectivity index (χ2n) is 7.13. The van der Waals surface area contributed by atoms with E-state index >= 15 is 0 Å². The molecule has 1 nitrogen and oxygen atoms in total. The van der Waals surface area contributed by atoms with E-state index in [2.05, 4.69) is 0 Å². The molecule has 1 rings (SSSR count). The van der Waals surface area contributed by atoms with Crippen LogP contribution in [0.15, 0.2) is 18.2 Å². The van der Waals surface area contributed by atoms with Crippen molar-refractivity contribution in [3.63, 3.8) is 0 Å². The molecule has 1 unspecified atom stereocenters. The zero-order valence-electron chi connectivity index (χ0n) is 16.2. The fourth-order valence-corrected chi connectivity index (χ4v) is 3.02. The Kier molecular flexibility index (Phi) is 9.12. The highest BCUT2D eigenvalue weighted by atomic mass is 19.4. The lowest BCUT2D eigenvalue weighted by Gasteiger charge is -2.28. The molecular weight excluding hydrogens is 368 g/mol. The predicted octanol–water partition coefficient (Wildman–Crippen LogP) is 6.78. The van der Waals surface area contributed by atoms with Crippen LogP contribution in [0.4, 0.5) is 26.3 Å². The van der Waals surface area contributed by atoms with Crippen LogP contribution in [0.3, 0.4) is 0 Å². The van der Waals surface area contributed by atoms with E-state index in [1.165, 1.54) is 11.0 Å². The van der Waals surface area contributed by atoms with Crippen LogP contribution < -0.4 is 0 Å². The van der Waals surface area contributed by atoms with Crippen molar-refractivity contribution < 1.29 is 26.3 Å². The molecular formula is C20H29F6N. The maximum Gasteiger partial charge on any atom is 0.416 e. The second kappa shape index (κ2) is 10.3. The lowest BCUT2D eigenvalue weighted by molar-refractivity contribution is -0.137. The first-order valence-corrected chi connectivity index (χ1v) is 9.39. The predicted molar refractivity (Wildman–Crippen MR) is 95.7 cm³/mol. The quantitative estimate of drug-likeness (QED) is 0.372. The Morgan fingerprint density at radius 2 is 1.67 bits per heavy atom. The van der Waals surface area contributed by atoms with Crippen molar-refractivity contribution >= 4 is 0 Å². The number of alkyl halides is 6. The molecule has 1 aromatic carbocycles. The molecule has 0 amide bonds. The second-order valence-corrected chi connectivity index (χ2v) is 7.13. The van der Waals surface area contributed by atoms with Crippen molar-refractivity contribution in [2.45, 2.75) is 77.7 Å². The van der Waals surface area contributed by atoms with E-state index < -0.39 is 36.8 Å². The van der Waals surface area contributed by atoms with Crippen LogP contribution in [0.5, 0.6) is 0 Å². The lowest BCUT2D eigenvalue weighted by Crippen LogP contribution is -2.37. The summed E-state index contributed by atoms with van der Waals surface area (Å²) in [5.74, 6) is -3.08. The van der Waals surface area contributed by atoms with Gasteiger partial charge in [0, 0.05) is 13.0 Å². The van der Waals surface area contributed by atoms with E-state index in [9.17, 15) is 26.3 Å². The van der Waals surface area contributed by atoms with Gasteiger partial charge in [0.15, 0.2) is 0 Å². The molecule has 156 valence electrons. The van der Waals surface area contributed by atoms with Crippen LogP contribution in [0.25, 0.3) is 0 Å². The minimum Gasteiger partial charge on any atom is -0.293 e. The van der Waals surface area contributed by atoms with Gasteiger partial charge in [0.05, 0.1) is 12.1 Å². The van der Waals surface area contributed by atoms with Crippen molar-refractivity contribution in [2.24, 2.45) is 0 Å². The van der Waals surface area contributed by atoms with Crippen LogP contribution in [0.1, 0.15) is 62.6 Å². The number of nitrogens with zero attached hydrogens (tertiary/aromatic N) is 1. The van der Waals surface area contributed by atoms with Gasteiger partial charge in [-0.1, -0.05) is 26.3 Å². The van der Waals surface area contributed by atoms with Gasteiger partial charge in [-0.05, 0) is 56.0 Å². The van der Waals surface area contributed by atoms with E-state index in [1.54, 1.807) is 13.8 Å². The van der Waals surface area contributed by atoms with E-state index in [1.807, 2.05) is 6.92 Å². The molecule has 0 aliphatic rings. The number of aryl methyl sites for hydroxylation is 1. The monoisotopic (exact) mass is 397 g/mol. The zero-order valence-corrected chi connectivity index (χ0v) is 16.2. The summed E-state index contributed by atoms with van der Waals surface area (Å²) in [5.41, 5.74) is 0.216. The minimum absolute atomic E-state index is 0.00714. The molecule has 0 N–H and O–H groups in total. The molecule has 0 aromatic heterocycles. The van der Waals surface area contributed by atoms with E-state index in [-0.39, 0.29) is 19.4 Å². The molecule has 1 atom stereocenters. The topological polar surface area (TPSA) is 3.24 Å². The molecule has 0 spiro atoms. The highest BCUT2D eigenvalue weighted by Crippen LogP contribution is 2.31. The summed E-state index contributed by atoms with van der Waals surface area (Å²) in [4.78, 5) is 1.45. The highest BCUT2D eigenvalue weighted by Gasteiger charge is 2.33. The summed E-state index contributed by atoms with van der Waals surface area (Å²) in [6, 6.07) is 3.38. The van der Waals surface area contributed by atoms with Crippen LogP contribution in [0, 0.1) is 6.92 Å². The Morgan fingerprint density at radius 3 is 2.22 bits per heavy atom. The van der Waals surface area contributed by atoms with Crippen molar-refractivity contribution in [2.75, 3.05) is 13.1 Å². The first-order chi connectivity index (χ1) is 12.5. The first-order valence-electron chi connectivity index (χ1n) is 9.39. The fraction of sp³-hybridized carbons (Fsp3) is 0.700. The molecule has 0 aliphatic carbocycles. The summed E-state index contributed by atoms with van der Waals surface area (Å²) in [7, 11) is 0. The average molecular weight is 397 g/mol. The summed E-state index contributed by atoms with van der Waals surface area (Å²) in [5, 5.41) is 0. The molecule has 0 saturated heterocycles. The molecule has 27 heavy (non-hydrogen) atoms. The maximum absolute atomic E-state index is 14.3.